The molecule has 0 bridgehead atoms. The molecule has 2 heterocycles. The van der Waals surface area contributed by atoms with E-state index in [9.17, 15) is 13.0 Å². The van der Waals surface area contributed by atoms with Gasteiger partial charge >= 0.3 is 0 Å². The van der Waals surface area contributed by atoms with Crippen LogP contribution in [0.25, 0.3) is 27.5 Å². The smallest absolute Gasteiger partial charge is 0.272 e. The monoisotopic (exact) mass is 415 g/mol. The minimum atomic E-state index is -3.91. The first-order valence-electron chi connectivity index (χ1n) is 8.56. The number of rotatable bonds is 2. The molecule has 0 N–H and O–H groups in total. The van der Waals surface area contributed by atoms with Crippen molar-refractivity contribution in [1.82, 2.24) is 10.1 Å². The fraction of sp³-hybridized carbons (Fsp3) is 0.150. The number of benzene rings is 2. The maximum Gasteiger partial charge on any atom is 0.272 e. The molecule has 0 aliphatic carbocycles. The number of fused-ring (bicyclic) bond motifs is 3. The largest absolute Gasteiger partial charge is 0.748 e. The van der Waals surface area contributed by atoms with Gasteiger partial charge in [0.15, 0.2) is 5.82 Å². The molecule has 0 unspecified atom stereocenters. The molecule has 6 nitrogen and oxygen atoms in total. The zero-order valence-corrected chi connectivity index (χ0v) is 16.9. The van der Waals surface area contributed by atoms with Gasteiger partial charge in [0.1, 0.15) is 5.69 Å². The number of pyridine rings is 1. The summed E-state index contributed by atoms with van der Waals surface area (Å²) in [6.07, 6.45) is 1.98. The Hall–Kier alpha value is -2.61. The van der Waals surface area contributed by atoms with Gasteiger partial charge in [-0.15, -0.1) is 0 Å². The number of aromatic nitrogens is 3. The highest BCUT2D eigenvalue weighted by atomic mass is 35.5. The van der Waals surface area contributed by atoms with Gasteiger partial charge in [0.2, 0.25) is 6.20 Å². The predicted octanol–water partition coefficient (Wildman–Crippen LogP) is 3.55. The molecular weight excluding hydrogens is 398 g/mol. The summed E-state index contributed by atoms with van der Waals surface area (Å²) in [7, 11) is -3.91. The Balaban J connectivity index is 0.000000330. The molecule has 0 fully saturated rings. The van der Waals surface area contributed by atoms with Crippen molar-refractivity contribution in [1.29, 1.82) is 0 Å². The molecule has 0 saturated carbocycles. The van der Waals surface area contributed by atoms with Gasteiger partial charge in [0.25, 0.3) is 5.52 Å². The average molecular weight is 416 g/mol. The summed E-state index contributed by atoms with van der Waals surface area (Å²) in [4.78, 5) is 4.68. The summed E-state index contributed by atoms with van der Waals surface area (Å²) in [6.45, 7) is 3.21. The van der Waals surface area contributed by atoms with Crippen molar-refractivity contribution in [3.8, 4) is 11.3 Å². The zero-order valence-electron chi connectivity index (χ0n) is 15.3. The van der Waals surface area contributed by atoms with Crippen LogP contribution < -0.4 is 4.52 Å². The lowest BCUT2D eigenvalue weighted by Gasteiger charge is -2.04. The maximum atomic E-state index is 9.44. The first-order chi connectivity index (χ1) is 13.3. The van der Waals surface area contributed by atoms with E-state index in [0.717, 1.165) is 33.0 Å². The Kier molecular flexibility index (Phi) is 5.88. The van der Waals surface area contributed by atoms with Gasteiger partial charge in [-0.05, 0) is 28.1 Å². The van der Waals surface area contributed by atoms with Gasteiger partial charge in [0.05, 0.1) is 15.5 Å². The minimum absolute atomic E-state index is 0.312. The molecule has 2 aromatic heterocycles. The third kappa shape index (κ3) is 4.62. The highest BCUT2D eigenvalue weighted by molar-refractivity contribution is 7.85. The molecule has 0 spiro atoms. The van der Waals surface area contributed by atoms with Crippen LogP contribution in [0.15, 0.2) is 60.8 Å². The normalized spacial score (nSPS) is 11.3. The summed E-state index contributed by atoms with van der Waals surface area (Å²) in [5.74, 6) is 0.422. The second-order valence-corrected chi connectivity index (χ2v) is 8.19. The molecule has 0 aliphatic heterocycles. The van der Waals surface area contributed by atoms with E-state index >= 15 is 0 Å². The molecule has 144 valence electrons. The third-order valence-corrected chi connectivity index (χ3v) is 5.02. The Morgan fingerprint density at radius 2 is 1.71 bits per heavy atom. The fourth-order valence-electron chi connectivity index (χ4n) is 2.73. The molecule has 0 saturated heterocycles. The number of nitrogens with zero attached hydrogens (tertiary/aromatic N) is 3. The quantitative estimate of drug-likeness (QED) is 0.284. The minimum Gasteiger partial charge on any atom is -0.748 e. The summed E-state index contributed by atoms with van der Waals surface area (Å²) >= 11 is 6.01. The lowest BCUT2D eigenvalue weighted by Crippen LogP contribution is -2.29. The van der Waals surface area contributed by atoms with E-state index < -0.39 is 10.1 Å². The van der Waals surface area contributed by atoms with Crippen LogP contribution in [-0.2, 0) is 10.1 Å². The van der Waals surface area contributed by atoms with E-state index in [1.54, 1.807) is 0 Å². The van der Waals surface area contributed by atoms with Gasteiger partial charge in [-0.3, -0.25) is 0 Å². The SMILES string of the molecule is CCS(=O)(=O)[O-].Cc1nc(-c2ccc(Cl)cc2)c2c3ccccc3cc[n+]2n1. The lowest BCUT2D eigenvalue weighted by molar-refractivity contribution is -0.580. The lowest BCUT2D eigenvalue weighted by atomic mass is 10.1. The molecule has 4 rings (SSSR count). The van der Waals surface area contributed by atoms with Crippen molar-refractivity contribution in [2.75, 3.05) is 5.75 Å². The Bertz CT molecular complexity index is 1240. The number of aryl methyl sites for hydroxylation is 1. The third-order valence-electron chi connectivity index (χ3n) is 4.06. The molecule has 4 aromatic rings. The van der Waals surface area contributed by atoms with Crippen molar-refractivity contribution >= 4 is 38.0 Å². The van der Waals surface area contributed by atoms with Crippen molar-refractivity contribution in [3.63, 3.8) is 0 Å². The van der Waals surface area contributed by atoms with Crippen molar-refractivity contribution in [2.24, 2.45) is 0 Å². The first-order valence-corrected chi connectivity index (χ1v) is 10.5. The van der Waals surface area contributed by atoms with Gasteiger partial charge in [-0.25, -0.2) is 13.4 Å². The average Bonchev–Trinajstić information content (AvgIpc) is 2.67. The predicted molar refractivity (Wildman–Crippen MR) is 108 cm³/mol. The van der Waals surface area contributed by atoms with Gasteiger partial charge in [0, 0.05) is 34.4 Å². The highest BCUT2D eigenvalue weighted by Crippen LogP contribution is 2.26. The second kappa shape index (κ2) is 8.18. The molecular formula is C20H18ClN3O3S. The molecule has 0 radical (unpaired) electrons. The van der Waals surface area contributed by atoms with E-state index in [-0.39, 0.29) is 5.75 Å². The van der Waals surface area contributed by atoms with Gasteiger partial charge in [-0.2, -0.15) is 0 Å². The van der Waals surface area contributed by atoms with E-state index in [1.165, 1.54) is 12.3 Å². The Morgan fingerprint density at radius 1 is 1.07 bits per heavy atom. The van der Waals surface area contributed by atoms with Crippen LogP contribution in [0.5, 0.6) is 0 Å². The van der Waals surface area contributed by atoms with Crippen molar-refractivity contribution < 1.29 is 17.5 Å². The summed E-state index contributed by atoms with van der Waals surface area (Å²) in [6, 6.07) is 18.1. The molecule has 0 aliphatic rings. The van der Waals surface area contributed by atoms with Crippen molar-refractivity contribution in [3.05, 3.63) is 71.6 Å². The second-order valence-electron chi connectivity index (χ2n) is 6.06. The van der Waals surface area contributed by atoms with E-state index in [4.69, 9.17) is 11.6 Å². The highest BCUT2D eigenvalue weighted by Gasteiger charge is 2.18. The van der Waals surface area contributed by atoms with Gasteiger partial charge in [-0.1, -0.05) is 48.9 Å². The van der Waals surface area contributed by atoms with Crippen LogP contribution in [0.2, 0.25) is 5.02 Å². The Morgan fingerprint density at radius 3 is 2.36 bits per heavy atom. The first kappa shape index (κ1) is 20.1. The zero-order chi connectivity index (χ0) is 20.3. The van der Waals surface area contributed by atoms with Crippen molar-refractivity contribution in [2.45, 2.75) is 13.8 Å². The number of halogens is 1. The van der Waals surface area contributed by atoms with Crippen LogP contribution in [0, 0.1) is 6.92 Å². The fourth-order valence-corrected chi connectivity index (χ4v) is 2.85. The molecule has 28 heavy (non-hydrogen) atoms. The summed E-state index contributed by atoms with van der Waals surface area (Å²) in [5.41, 5.74) is 2.95. The summed E-state index contributed by atoms with van der Waals surface area (Å²) < 4.78 is 30.2. The number of hydrogen-bond donors (Lipinski definition) is 0. The maximum absolute atomic E-state index is 9.44. The van der Waals surface area contributed by atoms with Crippen LogP contribution in [0.3, 0.4) is 0 Å². The standard InChI is InChI=1S/C18H13ClN3.C2H6O3S/c1-12-20-17(14-6-8-15(19)9-7-14)18-16-5-3-2-4-13(16)10-11-22(18)21-12;1-2-6(3,4)5/h2-11H,1H3;2H2,1H3,(H,3,4,5)/q+1;/p-1. The summed E-state index contributed by atoms with van der Waals surface area (Å²) in [5, 5.41) is 7.53. The Labute approximate surface area is 168 Å². The topological polar surface area (TPSA) is 87.1 Å². The number of hydrogen-bond acceptors (Lipinski definition) is 5. The molecule has 0 atom stereocenters. The van der Waals surface area contributed by atoms with E-state index in [1.807, 2.05) is 54.0 Å². The van der Waals surface area contributed by atoms with E-state index in [2.05, 4.69) is 28.3 Å². The van der Waals surface area contributed by atoms with Crippen LogP contribution in [0.4, 0.5) is 0 Å². The van der Waals surface area contributed by atoms with Crippen LogP contribution in [0.1, 0.15) is 12.7 Å². The molecule has 0 amide bonds. The molecule has 8 heteroatoms. The van der Waals surface area contributed by atoms with E-state index in [0.29, 0.717) is 0 Å². The molecule has 2 aromatic carbocycles. The van der Waals surface area contributed by atoms with Gasteiger partial charge < -0.3 is 4.55 Å². The van der Waals surface area contributed by atoms with Crippen LogP contribution >= 0.6 is 11.6 Å². The van der Waals surface area contributed by atoms with Crippen LogP contribution in [-0.4, -0.2) is 28.8 Å².